The molecule has 2 aliphatic rings. The van der Waals surface area contributed by atoms with Gasteiger partial charge in [0.2, 0.25) is 0 Å². The highest BCUT2D eigenvalue weighted by atomic mass is 32.2. The van der Waals surface area contributed by atoms with Crippen molar-refractivity contribution in [1.29, 1.82) is 0 Å². The quantitative estimate of drug-likeness (QED) is 0.721. The van der Waals surface area contributed by atoms with E-state index in [1.165, 1.54) is 5.56 Å². The molecule has 0 aromatic heterocycles. The van der Waals surface area contributed by atoms with Crippen LogP contribution in [0.2, 0.25) is 0 Å². The number of hydrogen-bond donors (Lipinski definition) is 0. The maximum Gasteiger partial charge on any atom is 0.282 e. The van der Waals surface area contributed by atoms with E-state index in [-0.39, 0.29) is 0 Å². The van der Waals surface area contributed by atoms with Gasteiger partial charge in [-0.25, -0.2) is 0 Å². The van der Waals surface area contributed by atoms with Gasteiger partial charge in [0.05, 0.1) is 7.11 Å². The second-order valence-electron chi connectivity index (χ2n) is 7.70. The smallest absolute Gasteiger partial charge is 0.282 e. The van der Waals surface area contributed by atoms with E-state index in [4.69, 9.17) is 4.74 Å². The van der Waals surface area contributed by atoms with E-state index >= 15 is 0 Å². The molecule has 0 N–H and O–H groups in total. The van der Waals surface area contributed by atoms with Crippen LogP contribution in [0.5, 0.6) is 5.75 Å². The minimum atomic E-state index is -3.45. The molecule has 0 atom stereocenters. The van der Waals surface area contributed by atoms with Crippen molar-refractivity contribution in [2.24, 2.45) is 5.92 Å². The summed E-state index contributed by atoms with van der Waals surface area (Å²) in [5.74, 6) is 2.09. The Morgan fingerprint density at radius 2 is 1.79 bits per heavy atom. The zero-order chi connectivity index (χ0) is 20.3. The third-order valence-electron chi connectivity index (χ3n) is 5.81. The third kappa shape index (κ3) is 4.79. The van der Waals surface area contributed by atoms with E-state index in [2.05, 4.69) is 24.3 Å². The number of fused-ring (bicyclic) bond motifs is 1. The minimum absolute atomic E-state index is 0.409. The number of ether oxygens (including phenoxy) is 1. The maximum atomic E-state index is 13.3. The average Bonchev–Trinajstić information content (AvgIpc) is 2.97. The maximum absolute atomic E-state index is 13.3. The van der Waals surface area contributed by atoms with Crippen LogP contribution in [0.3, 0.4) is 0 Å². The Balaban J connectivity index is 1.42. The molecule has 29 heavy (non-hydrogen) atoms. The van der Waals surface area contributed by atoms with Crippen molar-refractivity contribution in [3.8, 4) is 5.75 Å². The summed E-state index contributed by atoms with van der Waals surface area (Å²) in [5.41, 5.74) is 2.36. The summed E-state index contributed by atoms with van der Waals surface area (Å²) in [6.07, 6.45) is 2.87. The molecule has 7 heteroatoms. The van der Waals surface area contributed by atoms with Crippen LogP contribution >= 0.6 is 11.8 Å². The van der Waals surface area contributed by atoms with E-state index < -0.39 is 10.2 Å². The number of nitrogens with zero attached hydrogens (tertiary/aromatic N) is 2. The normalized spacial score (nSPS) is 19.5. The predicted octanol–water partition coefficient (Wildman–Crippen LogP) is 3.80. The molecule has 2 aliphatic heterocycles. The fraction of sp³-hybridized carbons (Fsp3) is 0.455. The van der Waals surface area contributed by atoms with Crippen molar-refractivity contribution in [3.63, 3.8) is 0 Å². The van der Waals surface area contributed by atoms with Crippen LogP contribution in [0, 0.1) is 5.92 Å². The number of thioether (sulfide) groups is 1. The van der Waals surface area contributed by atoms with Crippen LogP contribution in [0.15, 0.2) is 53.4 Å². The molecule has 5 nitrogen and oxygen atoms in total. The summed E-state index contributed by atoms with van der Waals surface area (Å²) < 4.78 is 35.3. The summed E-state index contributed by atoms with van der Waals surface area (Å²) >= 11 is 1.72. The molecule has 2 aromatic rings. The molecule has 1 saturated heterocycles. The van der Waals surface area contributed by atoms with Gasteiger partial charge in [-0.15, -0.1) is 11.8 Å². The molecule has 0 saturated carbocycles. The lowest BCUT2D eigenvalue weighted by atomic mass is 9.91. The minimum Gasteiger partial charge on any atom is -0.497 e. The largest absolute Gasteiger partial charge is 0.497 e. The Kier molecular flexibility index (Phi) is 6.49. The molecule has 0 radical (unpaired) electrons. The van der Waals surface area contributed by atoms with Gasteiger partial charge in [-0.05, 0) is 54.5 Å². The lowest BCUT2D eigenvalue weighted by Crippen LogP contribution is -2.47. The van der Waals surface area contributed by atoms with Gasteiger partial charge in [0, 0.05) is 36.8 Å². The van der Waals surface area contributed by atoms with E-state index in [1.54, 1.807) is 27.5 Å². The first-order chi connectivity index (χ1) is 14.1. The zero-order valence-electron chi connectivity index (χ0n) is 16.8. The first-order valence-electron chi connectivity index (χ1n) is 10.1. The second kappa shape index (κ2) is 9.08. The molecular formula is C22H28N2O3S2. The number of hydrogen-bond acceptors (Lipinski definition) is 4. The Morgan fingerprint density at radius 3 is 2.52 bits per heavy atom. The molecule has 1 fully saturated rings. The van der Waals surface area contributed by atoms with Crippen molar-refractivity contribution >= 4 is 22.0 Å². The number of piperidine rings is 1. The monoisotopic (exact) mass is 432 g/mol. The van der Waals surface area contributed by atoms with Crippen LogP contribution in [-0.2, 0) is 23.2 Å². The summed E-state index contributed by atoms with van der Waals surface area (Å²) in [5, 5.41) is 0. The van der Waals surface area contributed by atoms with Gasteiger partial charge in [-0.1, -0.05) is 30.3 Å². The van der Waals surface area contributed by atoms with E-state index in [0.717, 1.165) is 41.2 Å². The molecule has 0 bridgehead atoms. The zero-order valence-corrected chi connectivity index (χ0v) is 18.4. The molecular weight excluding hydrogens is 404 g/mol. The second-order valence-corrected chi connectivity index (χ2v) is 10.8. The van der Waals surface area contributed by atoms with E-state index in [1.807, 2.05) is 24.3 Å². The Hall–Kier alpha value is -1.54. The van der Waals surface area contributed by atoms with Gasteiger partial charge < -0.3 is 4.74 Å². The van der Waals surface area contributed by atoms with Gasteiger partial charge in [0.25, 0.3) is 10.2 Å². The van der Waals surface area contributed by atoms with Crippen LogP contribution in [0.25, 0.3) is 0 Å². The topological polar surface area (TPSA) is 49.9 Å². The number of methoxy groups -OCH3 is 1. The Morgan fingerprint density at radius 1 is 1.03 bits per heavy atom. The highest BCUT2D eigenvalue weighted by molar-refractivity contribution is 7.99. The Bertz CT molecular complexity index is 926. The average molecular weight is 433 g/mol. The summed E-state index contributed by atoms with van der Waals surface area (Å²) in [6, 6.07) is 16.4. The highest BCUT2D eigenvalue weighted by Crippen LogP contribution is 2.32. The standard InChI is InChI=1S/C22H28N2O3S2/c1-27-21-7-8-22-20(16-21)17-24(13-14-28-22)29(25,26)23-11-9-19(10-12-23)15-18-5-3-2-4-6-18/h2-8,16,19H,9-15,17H2,1H3. The van der Waals surface area contributed by atoms with Gasteiger partial charge >= 0.3 is 0 Å². The summed E-state index contributed by atoms with van der Waals surface area (Å²) in [7, 11) is -1.82. The molecule has 2 heterocycles. The fourth-order valence-corrected chi connectivity index (χ4v) is 6.87. The van der Waals surface area contributed by atoms with Gasteiger partial charge in [-0.2, -0.15) is 17.0 Å². The van der Waals surface area contributed by atoms with Crippen LogP contribution in [0.1, 0.15) is 24.0 Å². The lowest BCUT2D eigenvalue weighted by Gasteiger charge is -2.34. The lowest BCUT2D eigenvalue weighted by molar-refractivity contribution is 0.253. The molecule has 0 unspecified atom stereocenters. The third-order valence-corrected chi connectivity index (χ3v) is 8.88. The van der Waals surface area contributed by atoms with Crippen molar-refractivity contribution < 1.29 is 13.2 Å². The van der Waals surface area contributed by atoms with Crippen LogP contribution < -0.4 is 4.74 Å². The van der Waals surface area contributed by atoms with Crippen molar-refractivity contribution in [1.82, 2.24) is 8.61 Å². The van der Waals surface area contributed by atoms with E-state index in [9.17, 15) is 8.42 Å². The van der Waals surface area contributed by atoms with Gasteiger partial charge in [-0.3, -0.25) is 0 Å². The van der Waals surface area contributed by atoms with Crippen LogP contribution in [0.4, 0.5) is 0 Å². The highest BCUT2D eigenvalue weighted by Gasteiger charge is 2.34. The van der Waals surface area contributed by atoms with Crippen molar-refractivity contribution in [2.75, 3.05) is 32.5 Å². The predicted molar refractivity (Wildman–Crippen MR) is 117 cm³/mol. The summed E-state index contributed by atoms with van der Waals surface area (Å²) in [6.45, 7) is 2.16. The van der Waals surface area contributed by atoms with Crippen molar-refractivity contribution in [3.05, 3.63) is 59.7 Å². The molecule has 2 aromatic carbocycles. The molecule has 4 rings (SSSR count). The SMILES string of the molecule is COc1ccc2c(c1)CN(S(=O)(=O)N1CCC(Cc3ccccc3)CC1)CCS2. The van der Waals surface area contributed by atoms with Crippen LogP contribution in [-0.4, -0.2) is 49.5 Å². The molecule has 0 amide bonds. The Labute approximate surface area is 178 Å². The number of rotatable bonds is 5. The van der Waals surface area contributed by atoms with E-state index in [0.29, 0.717) is 32.1 Å². The number of benzene rings is 2. The fourth-order valence-electron chi connectivity index (χ4n) is 4.13. The van der Waals surface area contributed by atoms with Crippen molar-refractivity contribution in [2.45, 2.75) is 30.7 Å². The molecule has 0 spiro atoms. The first kappa shape index (κ1) is 20.7. The molecule has 156 valence electrons. The summed E-state index contributed by atoms with van der Waals surface area (Å²) in [4.78, 5) is 1.14. The first-order valence-corrected chi connectivity index (χ1v) is 12.5. The van der Waals surface area contributed by atoms with Gasteiger partial charge in [0.1, 0.15) is 5.75 Å². The van der Waals surface area contributed by atoms with Gasteiger partial charge in [0.15, 0.2) is 0 Å². The molecule has 0 aliphatic carbocycles.